The lowest BCUT2D eigenvalue weighted by Crippen LogP contribution is -2.48. The molecule has 49 heavy (non-hydrogen) atoms. The summed E-state index contributed by atoms with van der Waals surface area (Å²) in [6.07, 6.45) is 4.67. The van der Waals surface area contributed by atoms with Gasteiger partial charge in [0.1, 0.15) is 17.5 Å². The molecule has 0 spiro atoms. The number of carbonyl (C=O) groups excluding carboxylic acids is 2. The molecule has 2 rings (SSSR count). The van der Waals surface area contributed by atoms with Crippen LogP contribution in [0.5, 0.6) is 5.75 Å². The van der Waals surface area contributed by atoms with Crippen LogP contribution in [0.1, 0.15) is 84.6 Å². The molecule has 1 aromatic carbocycles. The molecule has 1 amide bonds. The first kappa shape index (κ1) is 42.6. The smallest absolute Gasteiger partial charge is 0.474 e. The number of carbonyl (C=O) groups is 2. The molecule has 1 aliphatic heterocycles. The third-order valence-electron chi connectivity index (χ3n) is 6.92. The van der Waals surface area contributed by atoms with Crippen LogP contribution in [0.2, 0.25) is 0 Å². The lowest BCUT2D eigenvalue weighted by atomic mass is 10.0. The Balaban J connectivity index is 1.75. The molecular weight excluding hydrogens is 738 g/mol. The Kier molecular flexibility index (Phi) is 17.7. The summed E-state index contributed by atoms with van der Waals surface area (Å²) in [6.45, 7) is 6.52. The lowest BCUT2D eigenvalue weighted by Gasteiger charge is -2.28. The topological polar surface area (TPSA) is 143 Å². The molecule has 0 saturated heterocycles. The summed E-state index contributed by atoms with van der Waals surface area (Å²) < 4.78 is 84.2. The van der Waals surface area contributed by atoms with Gasteiger partial charge in [0.05, 0.1) is 25.9 Å². The van der Waals surface area contributed by atoms with Gasteiger partial charge in [0.2, 0.25) is 0 Å². The van der Waals surface area contributed by atoms with Crippen molar-refractivity contribution in [1.82, 2.24) is 5.32 Å². The standard InChI is InChI=1S/C32H48BrF3N3O9P/c1-24(40)47-28(27(37-29(41)48-30(2,3)4)23-46-49(42,43-5)45-22-20-33)15-13-11-9-7-6-8-10-12-14-21-44-26-18-16-25(17-19-26)31(38-39-31)32(34,35)36/h13,15-19,27-28H,6-12,14,20-23H2,1-5H3,(H,37,41)/b15-13+/t27-,28+,49?/m0/s1. The number of nitrogens with zero attached hydrogens (tertiary/aromatic N) is 2. The molecule has 278 valence electrons. The molecule has 1 unspecified atom stereocenters. The van der Waals surface area contributed by atoms with Crippen LogP contribution in [0.3, 0.4) is 0 Å². The van der Waals surface area contributed by atoms with Crippen LogP contribution in [0.4, 0.5) is 18.0 Å². The molecule has 1 aromatic rings. The van der Waals surface area contributed by atoms with E-state index < -0.39 is 49.5 Å². The predicted octanol–water partition coefficient (Wildman–Crippen LogP) is 8.93. The van der Waals surface area contributed by atoms with E-state index in [9.17, 15) is 27.3 Å². The van der Waals surface area contributed by atoms with E-state index in [1.165, 1.54) is 38.3 Å². The first-order valence-corrected chi connectivity index (χ1v) is 18.7. The van der Waals surface area contributed by atoms with Crippen molar-refractivity contribution in [3.05, 3.63) is 42.0 Å². The Morgan fingerprint density at radius 2 is 1.59 bits per heavy atom. The highest BCUT2D eigenvalue weighted by Crippen LogP contribution is 2.52. The number of benzene rings is 1. The summed E-state index contributed by atoms with van der Waals surface area (Å²) in [5, 5.41) is 9.43. The summed E-state index contributed by atoms with van der Waals surface area (Å²) in [5.41, 5.74) is -3.24. The van der Waals surface area contributed by atoms with Crippen molar-refractivity contribution in [2.75, 3.05) is 32.3 Å². The van der Waals surface area contributed by atoms with E-state index in [1.807, 2.05) is 6.08 Å². The average molecular weight is 787 g/mol. The molecular formula is C32H48BrF3N3O9P. The van der Waals surface area contributed by atoms with Gasteiger partial charge in [-0.2, -0.15) is 13.2 Å². The molecule has 12 nitrogen and oxygen atoms in total. The number of ether oxygens (including phenoxy) is 3. The molecule has 3 atom stereocenters. The normalized spacial score (nSPS) is 16.5. The van der Waals surface area contributed by atoms with Crippen molar-refractivity contribution in [2.24, 2.45) is 10.2 Å². The number of unbranched alkanes of at least 4 members (excludes halogenated alkanes) is 7. The van der Waals surface area contributed by atoms with Gasteiger partial charge >= 0.3 is 31.7 Å². The Morgan fingerprint density at radius 3 is 2.12 bits per heavy atom. The maximum absolute atomic E-state index is 13.1. The second kappa shape index (κ2) is 20.4. The van der Waals surface area contributed by atoms with Crippen LogP contribution < -0.4 is 10.1 Å². The van der Waals surface area contributed by atoms with E-state index in [4.69, 9.17) is 27.8 Å². The molecule has 0 bridgehead atoms. The number of alkyl halides is 4. The van der Waals surface area contributed by atoms with Crippen molar-refractivity contribution >= 4 is 35.8 Å². The number of allylic oxidation sites excluding steroid dienone is 1. The minimum absolute atomic E-state index is 0.0245. The summed E-state index contributed by atoms with van der Waals surface area (Å²) in [7, 11) is -2.76. The zero-order valence-corrected chi connectivity index (χ0v) is 31.1. The molecule has 0 aromatic heterocycles. The number of nitrogens with one attached hydrogen (secondary N) is 1. The third-order valence-corrected chi connectivity index (χ3v) is 8.66. The minimum Gasteiger partial charge on any atom is -0.494 e. The van der Waals surface area contributed by atoms with Crippen LogP contribution in [-0.4, -0.2) is 68.2 Å². The highest BCUT2D eigenvalue weighted by molar-refractivity contribution is 9.09. The van der Waals surface area contributed by atoms with Crippen LogP contribution in [-0.2, 0) is 38.1 Å². The summed E-state index contributed by atoms with van der Waals surface area (Å²) in [6, 6.07) is 4.72. The number of phosphoric ester groups is 1. The maximum atomic E-state index is 13.1. The fraction of sp³-hybridized carbons (Fsp3) is 0.688. The number of hydrogen-bond donors (Lipinski definition) is 1. The number of phosphoric acid groups is 1. The van der Waals surface area contributed by atoms with Crippen molar-refractivity contribution in [2.45, 2.75) is 109 Å². The van der Waals surface area contributed by atoms with Crippen molar-refractivity contribution in [3.8, 4) is 5.75 Å². The number of esters is 1. The number of alkyl carbamates (subject to hydrolysis) is 1. The lowest BCUT2D eigenvalue weighted by molar-refractivity contribution is -0.166. The molecule has 1 heterocycles. The fourth-order valence-corrected chi connectivity index (χ4v) is 5.84. The van der Waals surface area contributed by atoms with Gasteiger partial charge in [0, 0.05) is 24.9 Å². The molecule has 1 N–H and O–H groups in total. The Bertz CT molecular complexity index is 1270. The Labute approximate surface area is 294 Å². The van der Waals surface area contributed by atoms with Crippen LogP contribution in [0.25, 0.3) is 0 Å². The first-order chi connectivity index (χ1) is 23.0. The second-order valence-corrected chi connectivity index (χ2v) is 14.8. The highest BCUT2D eigenvalue weighted by Gasteiger charge is 2.65. The number of halogens is 4. The maximum Gasteiger partial charge on any atom is 0.474 e. The molecule has 0 radical (unpaired) electrons. The van der Waals surface area contributed by atoms with Crippen molar-refractivity contribution < 1.29 is 55.1 Å². The van der Waals surface area contributed by atoms with E-state index >= 15 is 0 Å². The molecule has 1 aliphatic rings. The SMILES string of the molecule is COP(=O)(OCCBr)OC[C@H](NC(=O)OC(C)(C)C)[C@@H](/C=C/CCCCCCCCCOc1ccc(C2(C(F)(F)F)N=N2)cc1)OC(C)=O. The molecule has 17 heteroatoms. The van der Waals surface area contributed by atoms with E-state index in [0.717, 1.165) is 44.9 Å². The largest absolute Gasteiger partial charge is 0.494 e. The van der Waals surface area contributed by atoms with Crippen LogP contribution >= 0.6 is 23.8 Å². The Morgan fingerprint density at radius 1 is 0.980 bits per heavy atom. The van der Waals surface area contributed by atoms with Gasteiger partial charge in [0.25, 0.3) is 0 Å². The average Bonchev–Trinajstić information content (AvgIpc) is 3.84. The summed E-state index contributed by atoms with van der Waals surface area (Å²) in [4.78, 5) is 24.5. The summed E-state index contributed by atoms with van der Waals surface area (Å²) >= 11 is 3.18. The van der Waals surface area contributed by atoms with Gasteiger partial charge in [-0.1, -0.05) is 66.2 Å². The Hall–Kier alpha value is -2.52. The van der Waals surface area contributed by atoms with Gasteiger partial charge in [-0.05, 0) is 58.2 Å². The second-order valence-electron chi connectivity index (χ2n) is 12.2. The zero-order valence-electron chi connectivity index (χ0n) is 28.6. The van der Waals surface area contributed by atoms with Crippen molar-refractivity contribution in [1.29, 1.82) is 0 Å². The predicted molar refractivity (Wildman–Crippen MR) is 180 cm³/mol. The van der Waals surface area contributed by atoms with Crippen molar-refractivity contribution in [3.63, 3.8) is 0 Å². The van der Waals surface area contributed by atoms with Gasteiger partial charge in [0.15, 0.2) is 0 Å². The monoisotopic (exact) mass is 785 g/mol. The minimum atomic E-state index is -4.55. The fourth-order valence-electron chi connectivity index (χ4n) is 4.48. The van der Waals surface area contributed by atoms with E-state index in [-0.39, 0.29) is 18.8 Å². The highest BCUT2D eigenvalue weighted by atomic mass is 79.9. The van der Waals surface area contributed by atoms with E-state index in [2.05, 4.69) is 31.5 Å². The molecule has 0 saturated carbocycles. The van der Waals surface area contributed by atoms with Gasteiger partial charge < -0.3 is 19.5 Å². The van der Waals surface area contributed by atoms with E-state index in [0.29, 0.717) is 24.1 Å². The quantitative estimate of drug-likeness (QED) is 0.0378. The number of amides is 1. The van der Waals surface area contributed by atoms with Gasteiger partial charge in [-0.3, -0.25) is 18.4 Å². The number of rotatable bonds is 23. The van der Waals surface area contributed by atoms with E-state index in [1.54, 1.807) is 26.8 Å². The van der Waals surface area contributed by atoms with Crippen LogP contribution in [0.15, 0.2) is 46.6 Å². The number of hydrogen-bond acceptors (Lipinski definition) is 11. The third kappa shape index (κ3) is 15.9. The van der Waals surface area contributed by atoms with Gasteiger partial charge in [-0.25, -0.2) is 9.36 Å². The van der Waals surface area contributed by atoms with Crippen LogP contribution in [0, 0.1) is 0 Å². The zero-order chi connectivity index (χ0) is 36.6. The van der Waals surface area contributed by atoms with Gasteiger partial charge in [-0.15, -0.1) is 10.2 Å². The first-order valence-electron chi connectivity index (χ1n) is 16.1. The molecule has 0 aliphatic carbocycles. The molecule has 0 fully saturated rings. The summed E-state index contributed by atoms with van der Waals surface area (Å²) in [5.74, 6) is -0.0843.